The van der Waals surface area contributed by atoms with Crippen LogP contribution in [0, 0.1) is 0 Å². The van der Waals surface area contributed by atoms with Gasteiger partial charge in [0.1, 0.15) is 12.3 Å². The maximum Gasteiger partial charge on any atom is 0.240 e. The molecule has 2 heterocycles. The van der Waals surface area contributed by atoms with Crippen molar-refractivity contribution in [3.8, 4) is 5.75 Å². The standard InChI is InChI=1S/C24H27N3O3/c1-30-21-7-4-5-18(15-21)16-27-14-12-20(9-10-24(27)29)25-23(28)17-26-13-11-19-6-2-3-8-22(19)26/h2-8,11,13,15,20H,9-10,12,14,16-17H2,1H3,(H,25,28). The van der Waals surface area contributed by atoms with Crippen LogP contribution in [0.15, 0.2) is 60.8 Å². The first-order valence-corrected chi connectivity index (χ1v) is 10.4. The summed E-state index contributed by atoms with van der Waals surface area (Å²) in [6.45, 7) is 1.48. The Morgan fingerprint density at radius 1 is 1.13 bits per heavy atom. The number of ether oxygens (including phenoxy) is 1. The fourth-order valence-corrected chi connectivity index (χ4v) is 4.05. The van der Waals surface area contributed by atoms with E-state index in [1.165, 1.54) is 0 Å². The van der Waals surface area contributed by atoms with Gasteiger partial charge in [0.05, 0.1) is 7.11 Å². The lowest BCUT2D eigenvalue weighted by atomic mass is 10.1. The Bertz CT molecular complexity index is 1040. The third kappa shape index (κ3) is 4.64. The quantitative estimate of drug-likeness (QED) is 0.684. The van der Waals surface area contributed by atoms with E-state index in [0.29, 0.717) is 25.9 Å². The van der Waals surface area contributed by atoms with Gasteiger partial charge in [0, 0.05) is 37.3 Å². The van der Waals surface area contributed by atoms with Gasteiger partial charge >= 0.3 is 0 Å². The largest absolute Gasteiger partial charge is 0.497 e. The number of fused-ring (bicyclic) bond motifs is 1. The molecule has 156 valence electrons. The van der Waals surface area contributed by atoms with Crippen molar-refractivity contribution in [1.29, 1.82) is 0 Å². The summed E-state index contributed by atoms with van der Waals surface area (Å²) in [6, 6.07) is 17.8. The van der Waals surface area contributed by atoms with E-state index in [1.807, 2.05) is 70.3 Å². The molecule has 2 aromatic carbocycles. The second-order valence-corrected chi connectivity index (χ2v) is 7.76. The molecule has 1 fully saturated rings. The number of likely N-dealkylation sites (tertiary alicyclic amines) is 1. The molecule has 6 nitrogen and oxygen atoms in total. The van der Waals surface area contributed by atoms with Gasteiger partial charge in [0.25, 0.3) is 0 Å². The van der Waals surface area contributed by atoms with Gasteiger partial charge in [-0.05, 0) is 48.1 Å². The van der Waals surface area contributed by atoms with Crippen molar-refractivity contribution in [2.45, 2.75) is 38.4 Å². The molecule has 4 rings (SSSR count). The molecule has 30 heavy (non-hydrogen) atoms. The van der Waals surface area contributed by atoms with Crippen molar-refractivity contribution in [3.05, 3.63) is 66.4 Å². The molecule has 0 bridgehead atoms. The fraction of sp³-hybridized carbons (Fsp3) is 0.333. The van der Waals surface area contributed by atoms with Crippen LogP contribution in [0.4, 0.5) is 0 Å². The van der Waals surface area contributed by atoms with Crippen LogP contribution in [0.25, 0.3) is 10.9 Å². The number of hydrogen-bond donors (Lipinski definition) is 1. The normalized spacial score (nSPS) is 17.0. The average Bonchev–Trinajstić information content (AvgIpc) is 3.09. The number of benzene rings is 2. The van der Waals surface area contributed by atoms with Crippen molar-refractivity contribution in [3.63, 3.8) is 0 Å². The first kappa shape index (κ1) is 20.0. The van der Waals surface area contributed by atoms with E-state index in [2.05, 4.69) is 5.32 Å². The second kappa shape index (κ2) is 9.03. The topological polar surface area (TPSA) is 63.6 Å². The Balaban J connectivity index is 1.34. The lowest BCUT2D eigenvalue weighted by Gasteiger charge is -2.21. The molecule has 1 saturated heterocycles. The molecule has 1 unspecified atom stereocenters. The van der Waals surface area contributed by atoms with Gasteiger partial charge in [0.15, 0.2) is 0 Å². The average molecular weight is 405 g/mol. The zero-order chi connectivity index (χ0) is 20.9. The maximum absolute atomic E-state index is 12.6. The number of nitrogens with zero attached hydrogens (tertiary/aromatic N) is 2. The number of hydrogen-bond acceptors (Lipinski definition) is 3. The summed E-state index contributed by atoms with van der Waals surface area (Å²) in [6.07, 6.45) is 3.82. The molecule has 2 amide bonds. The highest BCUT2D eigenvalue weighted by molar-refractivity contribution is 5.83. The summed E-state index contributed by atoms with van der Waals surface area (Å²) < 4.78 is 7.23. The summed E-state index contributed by atoms with van der Waals surface area (Å²) in [5, 5.41) is 4.25. The van der Waals surface area contributed by atoms with Crippen LogP contribution < -0.4 is 10.1 Å². The minimum atomic E-state index is -0.0185. The van der Waals surface area contributed by atoms with Crippen molar-refractivity contribution in [2.24, 2.45) is 0 Å². The summed E-state index contributed by atoms with van der Waals surface area (Å²) in [7, 11) is 1.64. The van der Waals surface area contributed by atoms with E-state index in [0.717, 1.165) is 28.6 Å². The third-order valence-electron chi connectivity index (χ3n) is 5.67. The third-order valence-corrected chi connectivity index (χ3v) is 5.67. The number of rotatable bonds is 6. The highest BCUT2D eigenvalue weighted by Crippen LogP contribution is 2.19. The van der Waals surface area contributed by atoms with Gasteiger partial charge in [-0.1, -0.05) is 30.3 Å². The minimum absolute atomic E-state index is 0.0126. The number of nitrogens with one attached hydrogen (secondary N) is 1. The molecule has 1 aliphatic heterocycles. The lowest BCUT2D eigenvalue weighted by molar-refractivity contribution is -0.131. The molecule has 1 atom stereocenters. The van der Waals surface area contributed by atoms with E-state index < -0.39 is 0 Å². The van der Waals surface area contributed by atoms with Crippen molar-refractivity contribution < 1.29 is 14.3 Å². The molecular weight excluding hydrogens is 378 g/mol. The zero-order valence-corrected chi connectivity index (χ0v) is 17.2. The van der Waals surface area contributed by atoms with Crippen molar-refractivity contribution in [2.75, 3.05) is 13.7 Å². The van der Waals surface area contributed by atoms with Gasteiger partial charge in [-0.25, -0.2) is 0 Å². The van der Waals surface area contributed by atoms with E-state index in [-0.39, 0.29) is 24.4 Å². The molecule has 1 N–H and O–H groups in total. The number of amides is 2. The van der Waals surface area contributed by atoms with E-state index in [1.54, 1.807) is 7.11 Å². The monoisotopic (exact) mass is 405 g/mol. The zero-order valence-electron chi connectivity index (χ0n) is 17.2. The number of carbonyl (C=O) groups excluding carboxylic acids is 2. The van der Waals surface area contributed by atoms with Crippen LogP contribution in [0.3, 0.4) is 0 Å². The summed E-state index contributed by atoms with van der Waals surface area (Å²) in [4.78, 5) is 27.1. The summed E-state index contributed by atoms with van der Waals surface area (Å²) >= 11 is 0. The van der Waals surface area contributed by atoms with Crippen molar-refractivity contribution >= 4 is 22.7 Å². The SMILES string of the molecule is COc1cccc(CN2CCC(NC(=O)Cn3ccc4ccccc43)CCC2=O)c1. The van der Waals surface area contributed by atoms with Crippen LogP contribution in [0.5, 0.6) is 5.75 Å². The van der Waals surface area contributed by atoms with Crippen molar-refractivity contribution in [1.82, 2.24) is 14.8 Å². The molecule has 0 spiro atoms. The van der Waals surface area contributed by atoms with Gasteiger partial charge in [-0.2, -0.15) is 0 Å². The van der Waals surface area contributed by atoms with Gasteiger partial charge < -0.3 is 19.5 Å². The highest BCUT2D eigenvalue weighted by atomic mass is 16.5. The van der Waals surface area contributed by atoms with E-state index >= 15 is 0 Å². The van der Waals surface area contributed by atoms with E-state index in [9.17, 15) is 9.59 Å². The predicted octanol–water partition coefficient (Wildman–Crippen LogP) is 3.35. The molecule has 1 aromatic heterocycles. The van der Waals surface area contributed by atoms with Crippen LogP contribution >= 0.6 is 0 Å². The van der Waals surface area contributed by atoms with Crippen LogP contribution in [-0.2, 0) is 22.7 Å². The predicted molar refractivity (Wildman–Crippen MR) is 116 cm³/mol. The van der Waals surface area contributed by atoms with Gasteiger partial charge in [-0.15, -0.1) is 0 Å². The Morgan fingerprint density at radius 2 is 2.00 bits per heavy atom. The number of para-hydroxylation sites is 1. The summed E-state index contributed by atoms with van der Waals surface area (Å²) in [5.74, 6) is 0.901. The van der Waals surface area contributed by atoms with Crippen LogP contribution in [0.1, 0.15) is 24.8 Å². The Morgan fingerprint density at radius 3 is 2.87 bits per heavy atom. The first-order chi connectivity index (χ1) is 14.6. The fourth-order valence-electron chi connectivity index (χ4n) is 4.05. The Labute approximate surface area is 176 Å². The van der Waals surface area contributed by atoms with E-state index in [4.69, 9.17) is 4.74 Å². The molecule has 3 aromatic rings. The molecule has 1 aliphatic rings. The van der Waals surface area contributed by atoms with Crippen LogP contribution in [0.2, 0.25) is 0 Å². The lowest BCUT2D eigenvalue weighted by Crippen LogP contribution is -2.37. The summed E-state index contributed by atoms with van der Waals surface area (Å²) in [5.41, 5.74) is 2.10. The Hall–Kier alpha value is -3.28. The number of carbonyl (C=O) groups is 2. The Kier molecular flexibility index (Phi) is 6.02. The minimum Gasteiger partial charge on any atom is -0.497 e. The van der Waals surface area contributed by atoms with Crippen LogP contribution in [-0.4, -0.2) is 41.0 Å². The smallest absolute Gasteiger partial charge is 0.240 e. The maximum atomic E-state index is 12.6. The second-order valence-electron chi connectivity index (χ2n) is 7.76. The molecular formula is C24H27N3O3. The number of aromatic nitrogens is 1. The molecule has 0 radical (unpaired) electrons. The molecule has 0 saturated carbocycles. The number of methoxy groups -OCH3 is 1. The molecule has 0 aliphatic carbocycles. The van der Waals surface area contributed by atoms with Gasteiger partial charge in [-0.3, -0.25) is 9.59 Å². The first-order valence-electron chi connectivity index (χ1n) is 10.4. The van der Waals surface area contributed by atoms with Gasteiger partial charge in [0.2, 0.25) is 11.8 Å². The molecule has 6 heteroatoms. The highest BCUT2D eigenvalue weighted by Gasteiger charge is 2.24.